The van der Waals surface area contributed by atoms with Gasteiger partial charge in [0.15, 0.2) is 0 Å². The van der Waals surface area contributed by atoms with Gasteiger partial charge in [-0.25, -0.2) is 0 Å². The molecule has 1 saturated carbocycles. The fourth-order valence-electron chi connectivity index (χ4n) is 3.34. The van der Waals surface area contributed by atoms with Gasteiger partial charge in [0.25, 0.3) is 0 Å². The van der Waals surface area contributed by atoms with Gasteiger partial charge in [-0.15, -0.1) is 0 Å². The molecule has 0 aromatic heterocycles. The van der Waals surface area contributed by atoms with Crippen molar-refractivity contribution in [1.29, 1.82) is 0 Å². The summed E-state index contributed by atoms with van der Waals surface area (Å²) in [5.74, 6) is -0.0789. The van der Waals surface area contributed by atoms with Crippen LogP contribution in [0.3, 0.4) is 0 Å². The third kappa shape index (κ3) is 6.41. The van der Waals surface area contributed by atoms with E-state index in [0.29, 0.717) is 18.1 Å². The first-order chi connectivity index (χ1) is 10.6. The second-order valence-electron chi connectivity index (χ2n) is 7.48. The number of carbonyl (C=O) groups is 2. The largest absolute Gasteiger partial charge is 0.481 e. The van der Waals surface area contributed by atoms with Crippen LogP contribution in [0.4, 0.5) is 0 Å². The van der Waals surface area contributed by atoms with E-state index in [4.69, 9.17) is 10.8 Å². The van der Waals surface area contributed by atoms with Gasteiger partial charge in [0.2, 0.25) is 0 Å². The molecule has 5 N–H and O–H groups in total. The number of aliphatic hydroxyl groups is 1. The average molecular weight is 326 g/mol. The van der Waals surface area contributed by atoms with Crippen LogP contribution in [-0.2, 0) is 9.59 Å². The zero-order valence-corrected chi connectivity index (χ0v) is 14.2. The number of allylic oxidation sites excluding steroid dienone is 1. The highest BCUT2D eigenvalue weighted by molar-refractivity contribution is 5.73. The number of aliphatic carboxylic acids is 1. The molecule has 6 heteroatoms. The highest BCUT2D eigenvalue weighted by Gasteiger charge is 2.34. The number of carboxylic acid groups (broad SMARTS) is 1. The average Bonchev–Trinajstić information content (AvgIpc) is 2.91. The Kier molecular flexibility index (Phi) is 7.38. The van der Waals surface area contributed by atoms with Gasteiger partial charge < -0.3 is 20.7 Å². The van der Waals surface area contributed by atoms with Gasteiger partial charge in [-0.1, -0.05) is 39.3 Å². The minimum atomic E-state index is -1.16. The Balaban J connectivity index is 2.58. The van der Waals surface area contributed by atoms with Crippen molar-refractivity contribution >= 4 is 12.3 Å². The third-order valence-electron chi connectivity index (χ3n) is 4.57. The van der Waals surface area contributed by atoms with Crippen molar-refractivity contribution in [3.8, 4) is 0 Å². The van der Waals surface area contributed by atoms with E-state index in [-0.39, 0.29) is 11.8 Å². The van der Waals surface area contributed by atoms with Crippen molar-refractivity contribution in [2.75, 3.05) is 0 Å². The SMILES string of the molecule is CC(C)(C)C1CCCC1C=CC(N)C(O)N[C@H](C=O)CC(=O)O. The molecule has 4 unspecified atom stereocenters. The molecule has 0 amide bonds. The molecule has 0 aromatic carbocycles. The second kappa shape index (κ2) is 8.57. The van der Waals surface area contributed by atoms with Crippen LogP contribution in [0.2, 0.25) is 0 Å². The fraction of sp³-hybridized carbons (Fsp3) is 0.765. The summed E-state index contributed by atoms with van der Waals surface area (Å²) in [6, 6.07) is -1.64. The van der Waals surface area contributed by atoms with Crippen molar-refractivity contribution in [2.45, 2.75) is 64.8 Å². The fourth-order valence-corrected chi connectivity index (χ4v) is 3.34. The zero-order valence-electron chi connectivity index (χ0n) is 14.2. The third-order valence-corrected chi connectivity index (χ3v) is 4.57. The first kappa shape index (κ1) is 19.8. The summed E-state index contributed by atoms with van der Waals surface area (Å²) in [4.78, 5) is 21.4. The number of hydrogen-bond donors (Lipinski definition) is 4. The second-order valence-corrected chi connectivity index (χ2v) is 7.48. The van der Waals surface area contributed by atoms with E-state index in [2.05, 4.69) is 32.2 Å². The molecule has 1 rings (SSSR count). The predicted molar refractivity (Wildman–Crippen MR) is 88.6 cm³/mol. The molecule has 5 atom stereocenters. The van der Waals surface area contributed by atoms with Crippen LogP contribution in [0.25, 0.3) is 0 Å². The maximum Gasteiger partial charge on any atom is 0.305 e. The Morgan fingerprint density at radius 1 is 1.39 bits per heavy atom. The quantitative estimate of drug-likeness (QED) is 0.304. The number of rotatable bonds is 8. The number of aliphatic hydroxyl groups excluding tert-OH is 1. The molecule has 0 saturated heterocycles. The number of carboxylic acids is 1. The predicted octanol–water partition coefficient (Wildman–Crippen LogP) is 1.28. The van der Waals surface area contributed by atoms with E-state index in [1.54, 1.807) is 6.08 Å². The molecule has 0 aliphatic heterocycles. The van der Waals surface area contributed by atoms with Crippen molar-refractivity contribution in [3.05, 3.63) is 12.2 Å². The van der Waals surface area contributed by atoms with Gasteiger partial charge in [-0.3, -0.25) is 10.1 Å². The maximum absolute atomic E-state index is 10.8. The first-order valence-corrected chi connectivity index (χ1v) is 8.20. The molecule has 0 bridgehead atoms. The summed E-state index contributed by atoms with van der Waals surface area (Å²) in [7, 11) is 0. The first-order valence-electron chi connectivity index (χ1n) is 8.20. The minimum Gasteiger partial charge on any atom is -0.481 e. The van der Waals surface area contributed by atoms with Crippen LogP contribution in [-0.4, -0.2) is 40.8 Å². The van der Waals surface area contributed by atoms with Crippen LogP contribution in [0, 0.1) is 17.3 Å². The van der Waals surface area contributed by atoms with E-state index in [1.807, 2.05) is 0 Å². The molecule has 132 valence electrons. The number of carbonyl (C=O) groups excluding carboxylic acids is 1. The van der Waals surface area contributed by atoms with Gasteiger partial charge in [0, 0.05) is 0 Å². The van der Waals surface area contributed by atoms with E-state index in [9.17, 15) is 14.7 Å². The van der Waals surface area contributed by atoms with Crippen LogP contribution >= 0.6 is 0 Å². The Labute approximate surface area is 138 Å². The standard InChI is InChI=1S/C17H30N2O4/c1-17(2,3)13-6-4-5-11(13)7-8-14(18)16(23)19-12(10-20)9-15(21)22/h7-8,10-14,16,19,23H,4-6,9,18H2,1-3H3,(H,21,22)/t11?,12-,13?,14?,16?/m0/s1. The van der Waals surface area contributed by atoms with Crippen LogP contribution in [0.15, 0.2) is 12.2 Å². The number of aldehydes is 1. The minimum absolute atomic E-state index is 0.233. The topological polar surface area (TPSA) is 113 Å². The lowest BCUT2D eigenvalue weighted by Crippen LogP contribution is -2.49. The number of nitrogens with two attached hydrogens (primary N) is 1. The van der Waals surface area contributed by atoms with Gasteiger partial charge in [-0.2, -0.15) is 0 Å². The van der Waals surface area contributed by atoms with E-state index >= 15 is 0 Å². The summed E-state index contributed by atoms with van der Waals surface area (Å²) < 4.78 is 0. The highest BCUT2D eigenvalue weighted by Crippen LogP contribution is 2.43. The van der Waals surface area contributed by atoms with Crippen molar-refractivity contribution in [1.82, 2.24) is 5.32 Å². The van der Waals surface area contributed by atoms with E-state index < -0.39 is 24.3 Å². The molecule has 0 heterocycles. The molecular weight excluding hydrogens is 296 g/mol. The molecule has 1 aliphatic carbocycles. The van der Waals surface area contributed by atoms with Gasteiger partial charge >= 0.3 is 5.97 Å². The Morgan fingerprint density at radius 3 is 2.57 bits per heavy atom. The summed E-state index contributed by atoms with van der Waals surface area (Å²) in [5, 5.41) is 21.2. The molecule has 0 radical (unpaired) electrons. The number of hydrogen-bond acceptors (Lipinski definition) is 5. The maximum atomic E-state index is 10.8. The van der Waals surface area contributed by atoms with E-state index in [1.165, 1.54) is 12.8 Å². The van der Waals surface area contributed by atoms with Crippen molar-refractivity contribution < 1.29 is 19.8 Å². The highest BCUT2D eigenvalue weighted by atomic mass is 16.4. The summed E-state index contributed by atoms with van der Waals surface area (Å²) >= 11 is 0. The monoisotopic (exact) mass is 326 g/mol. The lowest BCUT2D eigenvalue weighted by molar-refractivity contribution is -0.138. The smallest absolute Gasteiger partial charge is 0.305 e. The van der Waals surface area contributed by atoms with Crippen LogP contribution in [0.1, 0.15) is 46.5 Å². The Bertz CT molecular complexity index is 431. The van der Waals surface area contributed by atoms with Crippen molar-refractivity contribution in [3.63, 3.8) is 0 Å². The molecule has 1 aliphatic rings. The molecule has 1 fully saturated rings. The Hall–Kier alpha value is -1.24. The molecule has 6 nitrogen and oxygen atoms in total. The lowest BCUT2D eigenvalue weighted by atomic mass is 9.74. The molecule has 23 heavy (non-hydrogen) atoms. The summed E-state index contributed by atoms with van der Waals surface area (Å²) in [5.41, 5.74) is 6.15. The summed E-state index contributed by atoms with van der Waals surface area (Å²) in [6.45, 7) is 6.71. The molecular formula is C17H30N2O4. The zero-order chi connectivity index (χ0) is 17.6. The normalized spacial score (nSPS) is 26.1. The van der Waals surface area contributed by atoms with Crippen LogP contribution < -0.4 is 11.1 Å². The van der Waals surface area contributed by atoms with Gasteiger partial charge in [-0.05, 0) is 30.1 Å². The molecule has 0 spiro atoms. The molecule has 0 aromatic rings. The van der Waals surface area contributed by atoms with Gasteiger partial charge in [0.1, 0.15) is 12.5 Å². The van der Waals surface area contributed by atoms with Crippen LogP contribution in [0.5, 0.6) is 0 Å². The number of nitrogens with one attached hydrogen (secondary N) is 1. The van der Waals surface area contributed by atoms with Gasteiger partial charge in [0.05, 0.1) is 18.5 Å². The Morgan fingerprint density at radius 2 is 2.04 bits per heavy atom. The van der Waals surface area contributed by atoms with E-state index in [0.717, 1.165) is 6.42 Å². The lowest BCUT2D eigenvalue weighted by Gasteiger charge is -2.31. The van der Waals surface area contributed by atoms with Crippen molar-refractivity contribution in [2.24, 2.45) is 23.0 Å². The summed E-state index contributed by atoms with van der Waals surface area (Å²) in [6.07, 6.45) is 6.26.